The van der Waals surface area contributed by atoms with Crippen LogP contribution in [0.15, 0.2) is 0 Å². The van der Waals surface area contributed by atoms with Gasteiger partial charge in [0.1, 0.15) is 0 Å². The first-order valence-electron chi connectivity index (χ1n) is 4.64. The number of hydrazine groups is 1. The zero-order valence-corrected chi connectivity index (χ0v) is 7.90. The van der Waals surface area contributed by atoms with Gasteiger partial charge in [-0.05, 0) is 0 Å². The number of likely N-dealkylation sites (N-methyl/N-ethyl adjacent to an activating group) is 1. The molecule has 0 aliphatic carbocycles. The van der Waals surface area contributed by atoms with Crippen LogP contribution in [0, 0.1) is 0 Å². The summed E-state index contributed by atoms with van der Waals surface area (Å²) in [6, 6.07) is 0.113. The van der Waals surface area contributed by atoms with Gasteiger partial charge in [0.15, 0.2) is 0 Å². The molecule has 2 aliphatic rings. The number of urea groups is 1. The Labute approximate surface area is 77.8 Å². The van der Waals surface area contributed by atoms with Crippen LogP contribution in [-0.4, -0.2) is 67.4 Å². The highest BCUT2D eigenvalue weighted by molar-refractivity contribution is 5.75. The first-order valence-corrected chi connectivity index (χ1v) is 4.64. The third-order valence-electron chi connectivity index (χ3n) is 2.52. The quantitative estimate of drug-likeness (QED) is 0.557. The van der Waals surface area contributed by atoms with Gasteiger partial charge in [-0.3, -0.25) is 5.01 Å². The number of nitrogens with zero attached hydrogens (tertiary/aromatic N) is 3. The number of morpholine rings is 1. The molecule has 2 fully saturated rings. The van der Waals surface area contributed by atoms with E-state index in [-0.39, 0.29) is 6.03 Å². The lowest BCUT2D eigenvalue weighted by Crippen LogP contribution is -2.50. The predicted molar refractivity (Wildman–Crippen MR) is 47.1 cm³/mol. The normalized spacial score (nSPS) is 25.8. The van der Waals surface area contributed by atoms with Crippen LogP contribution in [-0.2, 0) is 4.74 Å². The molecule has 2 rings (SSSR count). The zero-order chi connectivity index (χ0) is 9.26. The molecule has 0 aromatic rings. The Morgan fingerprint density at radius 2 is 1.85 bits per heavy atom. The molecule has 2 aliphatic heterocycles. The third kappa shape index (κ3) is 1.62. The molecule has 2 heterocycles. The first kappa shape index (κ1) is 8.77. The van der Waals surface area contributed by atoms with Crippen molar-refractivity contribution in [3.63, 3.8) is 0 Å². The van der Waals surface area contributed by atoms with Crippen LogP contribution in [0.1, 0.15) is 0 Å². The largest absolute Gasteiger partial charge is 0.379 e. The van der Waals surface area contributed by atoms with Gasteiger partial charge in [0.05, 0.1) is 19.8 Å². The molecule has 0 aromatic heterocycles. The summed E-state index contributed by atoms with van der Waals surface area (Å²) in [6.07, 6.45) is 0. The van der Waals surface area contributed by atoms with Gasteiger partial charge < -0.3 is 9.64 Å². The van der Waals surface area contributed by atoms with Crippen molar-refractivity contribution in [2.45, 2.75) is 0 Å². The van der Waals surface area contributed by atoms with E-state index in [4.69, 9.17) is 4.74 Å². The molecule has 0 spiro atoms. The van der Waals surface area contributed by atoms with Crippen molar-refractivity contribution in [3.8, 4) is 0 Å². The van der Waals surface area contributed by atoms with Gasteiger partial charge in [-0.1, -0.05) is 0 Å². The maximum absolute atomic E-state index is 11.6. The number of hydrogen-bond acceptors (Lipinski definition) is 3. The lowest BCUT2D eigenvalue weighted by molar-refractivity contribution is -0.0545. The highest BCUT2D eigenvalue weighted by atomic mass is 16.5. The molecule has 0 unspecified atom stereocenters. The average molecular weight is 185 g/mol. The smallest absolute Gasteiger partial charge is 0.334 e. The fourth-order valence-corrected chi connectivity index (χ4v) is 1.69. The third-order valence-corrected chi connectivity index (χ3v) is 2.52. The van der Waals surface area contributed by atoms with E-state index in [0.29, 0.717) is 0 Å². The van der Waals surface area contributed by atoms with Gasteiger partial charge in [-0.15, -0.1) is 0 Å². The summed E-state index contributed by atoms with van der Waals surface area (Å²) >= 11 is 0. The zero-order valence-electron chi connectivity index (χ0n) is 7.90. The Morgan fingerprint density at radius 1 is 1.15 bits per heavy atom. The topological polar surface area (TPSA) is 36.0 Å². The van der Waals surface area contributed by atoms with Gasteiger partial charge in [0.2, 0.25) is 0 Å². The van der Waals surface area contributed by atoms with Gasteiger partial charge >= 0.3 is 6.03 Å². The van der Waals surface area contributed by atoms with Crippen molar-refractivity contribution < 1.29 is 9.53 Å². The summed E-state index contributed by atoms with van der Waals surface area (Å²) in [5.74, 6) is 0. The van der Waals surface area contributed by atoms with Crippen LogP contribution < -0.4 is 0 Å². The second-order valence-electron chi connectivity index (χ2n) is 3.39. The molecule has 0 N–H and O–H groups in total. The van der Waals surface area contributed by atoms with Crippen LogP contribution in [0.5, 0.6) is 0 Å². The van der Waals surface area contributed by atoms with Gasteiger partial charge in [-0.25, -0.2) is 9.80 Å². The molecule has 0 radical (unpaired) electrons. The number of amides is 2. The lowest BCUT2D eigenvalue weighted by Gasteiger charge is -2.33. The Hall–Kier alpha value is -0.810. The Bertz CT molecular complexity index is 204. The minimum atomic E-state index is 0.113. The SMILES string of the molecule is CN1CCN(N2CCOCC2)C1=O. The fraction of sp³-hybridized carbons (Fsp3) is 0.875. The summed E-state index contributed by atoms with van der Waals surface area (Å²) in [6.45, 7) is 4.77. The molecule has 0 aromatic carbocycles. The van der Waals surface area contributed by atoms with E-state index in [1.807, 2.05) is 12.1 Å². The van der Waals surface area contributed by atoms with Gasteiger partial charge in [0.25, 0.3) is 0 Å². The highest BCUT2D eigenvalue weighted by Gasteiger charge is 2.30. The van der Waals surface area contributed by atoms with E-state index < -0.39 is 0 Å². The van der Waals surface area contributed by atoms with Crippen molar-refractivity contribution in [1.29, 1.82) is 0 Å². The van der Waals surface area contributed by atoms with Crippen molar-refractivity contribution in [3.05, 3.63) is 0 Å². The van der Waals surface area contributed by atoms with E-state index >= 15 is 0 Å². The maximum atomic E-state index is 11.6. The maximum Gasteiger partial charge on any atom is 0.334 e. The summed E-state index contributed by atoms with van der Waals surface area (Å²) in [7, 11) is 1.84. The molecule has 74 valence electrons. The average Bonchev–Trinajstić information content (AvgIpc) is 2.49. The molecule has 5 nitrogen and oxygen atoms in total. The van der Waals surface area contributed by atoms with Gasteiger partial charge in [0, 0.05) is 26.7 Å². The number of hydrogen-bond donors (Lipinski definition) is 0. The fourth-order valence-electron chi connectivity index (χ4n) is 1.69. The van der Waals surface area contributed by atoms with Crippen molar-refractivity contribution in [1.82, 2.24) is 14.9 Å². The Kier molecular flexibility index (Phi) is 2.37. The van der Waals surface area contributed by atoms with Crippen LogP contribution in [0.4, 0.5) is 4.79 Å². The molecule has 0 bridgehead atoms. The molecule has 0 saturated carbocycles. The van der Waals surface area contributed by atoms with E-state index in [0.717, 1.165) is 39.4 Å². The number of carbonyl (C=O) groups is 1. The van der Waals surface area contributed by atoms with Crippen LogP contribution in [0.3, 0.4) is 0 Å². The van der Waals surface area contributed by atoms with E-state index in [1.54, 1.807) is 4.90 Å². The second kappa shape index (κ2) is 3.51. The lowest BCUT2D eigenvalue weighted by atomic mass is 10.5. The first-order chi connectivity index (χ1) is 6.29. The van der Waals surface area contributed by atoms with Gasteiger partial charge in [-0.2, -0.15) is 0 Å². The van der Waals surface area contributed by atoms with Crippen LogP contribution in [0.2, 0.25) is 0 Å². The monoisotopic (exact) mass is 185 g/mol. The molecule has 0 atom stereocenters. The number of ether oxygens (including phenoxy) is 1. The van der Waals surface area contributed by atoms with E-state index in [2.05, 4.69) is 5.01 Å². The summed E-state index contributed by atoms with van der Waals surface area (Å²) < 4.78 is 5.23. The summed E-state index contributed by atoms with van der Waals surface area (Å²) in [4.78, 5) is 13.3. The van der Waals surface area contributed by atoms with Crippen molar-refractivity contribution in [2.24, 2.45) is 0 Å². The summed E-state index contributed by atoms with van der Waals surface area (Å²) in [5.41, 5.74) is 0. The van der Waals surface area contributed by atoms with Crippen LogP contribution in [0.25, 0.3) is 0 Å². The molecular weight excluding hydrogens is 170 g/mol. The summed E-state index contributed by atoms with van der Waals surface area (Å²) in [5, 5.41) is 3.90. The Balaban J connectivity index is 1.96. The predicted octanol–water partition coefficient (Wildman–Crippen LogP) is -0.399. The van der Waals surface area contributed by atoms with Crippen molar-refractivity contribution in [2.75, 3.05) is 46.4 Å². The van der Waals surface area contributed by atoms with Crippen molar-refractivity contribution >= 4 is 6.03 Å². The number of carbonyl (C=O) groups excluding carboxylic acids is 1. The minimum Gasteiger partial charge on any atom is -0.379 e. The van der Waals surface area contributed by atoms with E-state index in [9.17, 15) is 4.79 Å². The minimum absolute atomic E-state index is 0.113. The number of rotatable bonds is 1. The molecule has 13 heavy (non-hydrogen) atoms. The molecule has 2 saturated heterocycles. The second-order valence-corrected chi connectivity index (χ2v) is 3.39. The Morgan fingerprint density at radius 3 is 2.38 bits per heavy atom. The molecular formula is C8H15N3O2. The highest BCUT2D eigenvalue weighted by Crippen LogP contribution is 2.11. The van der Waals surface area contributed by atoms with E-state index in [1.165, 1.54) is 0 Å². The molecule has 2 amide bonds. The van der Waals surface area contributed by atoms with Crippen LogP contribution >= 0.6 is 0 Å². The molecule has 5 heteroatoms. The standard InChI is InChI=1S/C8H15N3O2/c1-9-2-3-11(8(9)12)10-4-6-13-7-5-10/h2-7H2,1H3.